The van der Waals surface area contributed by atoms with Crippen LogP contribution < -0.4 is 10.2 Å². The number of nitrogens with zero attached hydrogens (tertiary/aromatic N) is 2. The topological polar surface area (TPSA) is 61.9 Å². The van der Waals surface area contributed by atoms with E-state index in [-0.39, 0.29) is 12.0 Å². The molecule has 0 atom stereocenters. The van der Waals surface area contributed by atoms with Gasteiger partial charge in [-0.05, 0) is 24.6 Å². The standard InChI is InChI=1S/C18H27N3O3/c1-3-4-5-9-19-18(23)21-12-10-20(11-13-21)16-8-6-7-15(14-16)17(22)24-2/h6-8,14H,3-5,9-13H2,1-2H3,(H,19,23). The summed E-state index contributed by atoms with van der Waals surface area (Å²) in [5.41, 5.74) is 1.53. The van der Waals surface area contributed by atoms with Crippen molar-refractivity contribution in [1.82, 2.24) is 10.2 Å². The van der Waals surface area contributed by atoms with Crippen LogP contribution in [0.5, 0.6) is 0 Å². The molecule has 0 bridgehead atoms. The summed E-state index contributed by atoms with van der Waals surface area (Å²) in [6.07, 6.45) is 3.33. The van der Waals surface area contributed by atoms with E-state index in [0.717, 1.165) is 44.6 Å². The van der Waals surface area contributed by atoms with E-state index >= 15 is 0 Å². The number of amides is 2. The lowest BCUT2D eigenvalue weighted by Gasteiger charge is -2.36. The zero-order chi connectivity index (χ0) is 17.4. The molecule has 0 radical (unpaired) electrons. The lowest BCUT2D eigenvalue weighted by atomic mass is 10.1. The van der Waals surface area contributed by atoms with Crippen LogP contribution >= 0.6 is 0 Å². The first kappa shape index (κ1) is 18.1. The zero-order valence-electron chi connectivity index (χ0n) is 14.6. The Morgan fingerprint density at radius 1 is 1.17 bits per heavy atom. The summed E-state index contributed by atoms with van der Waals surface area (Å²) in [6, 6.07) is 7.44. The highest BCUT2D eigenvalue weighted by Crippen LogP contribution is 2.18. The molecule has 1 fully saturated rings. The predicted molar refractivity (Wildman–Crippen MR) is 94.5 cm³/mol. The van der Waals surface area contributed by atoms with Gasteiger partial charge in [-0.3, -0.25) is 0 Å². The van der Waals surface area contributed by atoms with Crippen molar-refractivity contribution in [3.63, 3.8) is 0 Å². The smallest absolute Gasteiger partial charge is 0.337 e. The molecular formula is C18H27N3O3. The molecule has 1 N–H and O–H groups in total. The van der Waals surface area contributed by atoms with Gasteiger partial charge in [0.15, 0.2) is 0 Å². The molecule has 2 rings (SSSR count). The predicted octanol–water partition coefficient (Wildman–Crippen LogP) is 2.50. The monoisotopic (exact) mass is 333 g/mol. The molecule has 1 aliphatic heterocycles. The average molecular weight is 333 g/mol. The summed E-state index contributed by atoms with van der Waals surface area (Å²) >= 11 is 0. The van der Waals surface area contributed by atoms with E-state index in [0.29, 0.717) is 18.7 Å². The molecule has 0 aromatic heterocycles. The molecule has 0 saturated carbocycles. The number of urea groups is 1. The van der Waals surface area contributed by atoms with Gasteiger partial charge < -0.3 is 19.9 Å². The first-order valence-electron chi connectivity index (χ1n) is 8.61. The summed E-state index contributed by atoms with van der Waals surface area (Å²) in [5, 5.41) is 2.98. The highest BCUT2D eigenvalue weighted by atomic mass is 16.5. The van der Waals surface area contributed by atoms with Crippen molar-refractivity contribution in [3.05, 3.63) is 29.8 Å². The van der Waals surface area contributed by atoms with Crippen LogP contribution in [0.1, 0.15) is 36.5 Å². The Kier molecular flexibility index (Phi) is 6.90. The number of methoxy groups -OCH3 is 1. The van der Waals surface area contributed by atoms with E-state index in [4.69, 9.17) is 4.74 Å². The summed E-state index contributed by atoms with van der Waals surface area (Å²) in [4.78, 5) is 27.8. The first-order valence-corrected chi connectivity index (χ1v) is 8.61. The van der Waals surface area contributed by atoms with Gasteiger partial charge in [0.05, 0.1) is 12.7 Å². The van der Waals surface area contributed by atoms with Gasteiger partial charge in [-0.15, -0.1) is 0 Å². The second kappa shape index (κ2) is 9.15. The second-order valence-corrected chi connectivity index (χ2v) is 5.96. The highest BCUT2D eigenvalue weighted by molar-refractivity contribution is 5.90. The number of hydrogen-bond donors (Lipinski definition) is 1. The lowest BCUT2D eigenvalue weighted by Crippen LogP contribution is -2.52. The van der Waals surface area contributed by atoms with Crippen molar-refractivity contribution in [2.45, 2.75) is 26.2 Å². The third-order valence-corrected chi connectivity index (χ3v) is 4.26. The third kappa shape index (κ3) is 4.88. The van der Waals surface area contributed by atoms with Crippen LogP contribution in [-0.2, 0) is 4.74 Å². The first-order chi connectivity index (χ1) is 11.7. The molecule has 0 aliphatic carbocycles. The van der Waals surface area contributed by atoms with E-state index < -0.39 is 0 Å². The van der Waals surface area contributed by atoms with E-state index in [9.17, 15) is 9.59 Å². The Morgan fingerprint density at radius 3 is 2.58 bits per heavy atom. The fourth-order valence-corrected chi connectivity index (χ4v) is 2.80. The van der Waals surface area contributed by atoms with Gasteiger partial charge in [0, 0.05) is 38.4 Å². The van der Waals surface area contributed by atoms with Gasteiger partial charge in [0.2, 0.25) is 0 Å². The minimum atomic E-state index is -0.332. The van der Waals surface area contributed by atoms with Crippen molar-refractivity contribution >= 4 is 17.7 Å². The minimum absolute atomic E-state index is 0.0223. The van der Waals surface area contributed by atoms with Crippen LogP contribution in [0.2, 0.25) is 0 Å². The molecule has 132 valence electrons. The van der Waals surface area contributed by atoms with Crippen LogP contribution in [0, 0.1) is 0 Å². The molecule has 1 heterocycles. The van der Waals surface area contributed by atoms with Gasteiger partial charge in [-0.2, -0.15) is 0 Å². The Morgan fingerprint density at radius 2 is 1.92 bits per heavy atom. The maximum atomic E-state index is 12.1. The van der Waals surface area contributed by atoms with Crippen LogP contribution in [0.25, 0.3) is 0 Å². The second-order valence-electron chi connectivity index (χ2n) is 5.96. The zero-order valence-corrected chi connectivity index (χ0v) is 14.6. The molecule has 24 heavy (non-hydrogen) atoms. The largest absolute Gasteiger partial charge is 0.465 e. The third-order valence-electron chi connectivity index (χ3n) is 4.26. The molecular weight excluding hydrogens is 306 g/mol. The SMILES string of the molecule is CCCCCNC(=O)N1CCN(c2cccc(C(=O)OC)c2)CC1. The number of benzene rings is 1. The number of unbranched alkanes of at least 4 members (excludes halogenated alkanes) is 2. The summed E-state index contributed by atoms with van der Waals surface area (Å²) in [5.74, 6) is -0.332. The molecule has 2 amide bonds. The van der Waals surface area contributed by atoms with Crippen LogP contribution in [0.4, 0.5) is 10.5 Å². The summed E-state index contributed by atoms with van der Waals surface area (Å²) < 4.78 is 4.76. The normalized spacial score (nSPS) is 14.4. The minimum Gasteiger partial charge on any atom is -0.465 e. The fourth-order valence-electron chi connectivity index (χ4n) is 2.80. The van der Waals surface area contributed by atoms with Crippen LogP contribution in [-0.4, -0.2) is 56.7 Å². The van der Waals surface area contributed by atoms with Crippen molar-refractivity contribution < 1.29 is 14.3 Å². The maximum Gasteiger partial charge on any atom is 0.337 e. The van der Waals surface area contributed by atoms with Crippen molar-refractivity contribution in [3.8, 4) is 0 Å². The van der Waals surface area contributed by atoms with Crippen molar-refractivity contribution in [2.75, 3.05) is 44.7 Å². The van der Waals surface area contributed by atoms with Crippen molar-refractivity contribution in [1.29, 1.82) is 0 Å². The fraction of sp³-hybridized carbons (Fsp3) is 0.556. The number of anilines is 1. The number of hydrogen-bond acceptors (Lipinski definition) is 4. The molecule has 1 aromatic carbocycles. The molecule has 6 nitrogen and oxygen atoms in total. The molecule has 1 aromatic rings. The molecule has 6 heteroatoms. The van der Waals surface area contributed by atoms with Gasteiger partial charge in [0.25, 0.3) is 0 Å². The average Bonchev–Trinajstić information content (AvgIpc) is 2.64. The van der Waals surface area contributed by atoms with Crippen LogP contribution in [0.15, 0.2) is 24.3 Å². The number of esters is 1. The van der Waals surface area contributed by atoms with Crippen molar-refractivity contribution in [2.24, 2.45) is 0 Å². The van der Waals surface area contributed by atoms with Gasteiger partial charge >= 0.3 is 12.0 Å². The summed E-state index contributed by atoms with van der Waals surface area (Å²) in [7, 11) is 1.38. The number of nitrogens with one attached hydrogen (secondary N) is 1. The van der Waals surface area contributed by atoms with E-state index in [2.05, 4.69) is 17.1 Å². The molecule has 0 unspecified atom stereocenters. The van der Waals surface area contributed by atoms with Crippen LogP contribution in [0.3, 0.4) is 0 Å². The number of piperazine rings is 1. The Bertz CT molecular complexity index is 554. The number of carbonyl (C=O) groups is 2. The quantitative estimate of drug-likeness (QED) is 0.642. The van der Waals surface area contributed by atoms with E-state index in [1.54, 1.807) is 6.07 Å². The Balaban J connectivity index is 1.84. The Hall–Kier alpha value is -2.24. The molecule has 0 spiro atoms. The maximum absolute atomic E-state index is 12.1. The Labute approximate surface area is 143 Å². The molecule has 1 aliphatic rings. The van der Waals surface area contributed by atoms with Gasteiger partial charge in [-0.25, -0.2) is 9.59 Å². The number of rotatable bonds is 6. The number of carbonyl (C=O) groups excluding carboxylic acids is 2. The van der Waals surface area contributed by atoms with E-state index in [1.165, 1.54) is 7.11 Å². The van der Waals surface area contributed by atoms with Gasteiger partial charge in [-0.1, -0.05) is 25.8 Å². The van der Waals surface area contributed by atoms with Gasteiger partial charge in [0.1, 0.15) is 0 Å². The lowest BCUT2D eigenvalue weighted by molar-refractivity contribution is 0.0600. The summed E-state index contributed by atoms with van der Waals surface area (Å²) in [6.45, 7) is 5.77. The molecule has 1 saturated heterocycles. The highest BCUT2D eigenvalue weighted by Gasteiger charge is 2.21. The van der Waals surface area contributed by atoms with E-state index in [1.807, 2.05) is 23.1 Å². The number of ether oxygens (including phenoxy) is 1.